The number of hydrogen-bond donors (Lipinski definition) is 3. The SMILES string of the molecule is COc1ccccc1NC(=O)C1=C(C)Nc2nc(-c3ccc(O)cc3)nn2C1c1ccccn1. The number of benzene rings is 2. The van der Waals surface area contributed by atoms with Crippen LogP contribution in [-0.2, 0) is 4.79 Å². The molecule has 0 fully saturated rings. The van der Waals surface area contributed by atoms with Crippen molar-refractivity contribution in [2.45, 2.75) is 13.0 Å². The van der Waals surface area contributed by atoms with Crippen LogP contribution in [0.2, 0.25) is 0 Å². The van der Waals surface area contributed by atoms with E-state index < -0.39 is 6.04 Å². The lowest BCUT2D eigenvalue weighted by Gasteiger charge is -2.28. The summed E-state index contributed by atoms with van der Waals surface area (Å²) in [5, 5.41) is 20.5. The van der Waals surface area contributed by atoms with Gasteiger partial charge in [0.1, 0.15) is 17.5 Å². The molecule has 0 saturated carbocycles. The van der Waals surface area contributed by atoms with E-state index >= 15 is 0 Å². The Morgan fingerprint density at radius 2 is 1.85 bits per heavy atom. The Hall–Kier alpha value is -4.66. The predicted molar refractivity (Wildman–Crippen MR) is 127 cm³/mol. The number of phenols is 1. The molecule has 5 rings (SSSR count). The van der Waals surface area contributed by atoms with Crippen molar-refractivity contribution in [3.63, 3.8) is 0 Å². The number of pyridine rings is 1. The Bertz CT molecular complexity index is 1380. The topological polar surface area (TPSA) is 114 Å². The van der Waals surface area contributed by atoms with E-state index in [2.05, 4.69) is 20.6 Å². The molecule has 0 radical (unpaired) electrons. The van der Waals surface area contributed by atoms with E-state index in [0.29, 0.717) is 40.2 Å². The number of fused-ring (bicyclic) bond motifs is 1. The van der Waals surface area contributed by atoms with Gasteiger partial charge >= 0.3 is 0 Å². The third-order valence-electron chi connectivity index (χ3n) is 5.55. The number of aromatic nitrogens is 4. The second-order valence-corrected chi connectivity index (χ2v) is 7.73. The molecular formula is C25H22N6O3. The molecule has 0 spiro atoms. The number of amides is 1. The first-order chi connectivity index (χ1) is 16.5. The number of carbonyl (C=O) groups excluding carboxylic acids is 1. The highest BCUT2D eigenvalue weighted by Gasteiger charge is 2.35. The summed E-state index contributed by atoms with van der Waals surface area (Å²) in [6.45, 7) is 1.82. The number of para-hydroxylation sites is 2. The summed E-state index contributed by atoms with van der Waals surface area (Å²) >= 11 is 0. The van der Waals surface area contributed by atoms with Crippen molar-refractivity contribution in [3.8, 4) is 22.9 Å². The number of nitrogens with zero attached hydrogens (tertiary/aromatic N) is 4. The number of aromatic hydroxyl groups is 1. The molecule has 34 heavy (non-hydrogen) atoms. The van der Waals surface area contributed by atoms with Gasteiger partial charge in [-0.1, -0.05) is 18.2 Å². The van der Waals surface area contributed by atoms with Crippen LogP contribution in [-0.4, -0.2) is 37.9 Å². The van der Waals surface area contributed by atoms with Crippen LogP contribution in [0.1, 0.15) is 18.7 Å². The smallest absolute Gasteiger partial charge is 0.256 e. The van der Waals surface area contributed by atoms with Crippen molar-refractivity contribution in [3.05, 3.63) is 89.9 Å². The molecule has 2 aromatic carbocycles. The maximum Gasteiger partial charge on any atom is 0.256 e. The highest BCUT2D eigenvalue weighted by molar-refractivity contribution is 6.06. The number of hydrogen-bond acceptors (Lipinski definition) is 7. The van der Waals surface area contributed by atoms with Crippen LogP contribution in [0.25, 0.3) is 11.4 Å². The van der Waals surface area contributed by atoms with Gasteiger partial charge in [0, 0.05) is 17.5 Å². The van der Waals surface area contributed by atoms with E-state index in [9.17, 15) is 9.90 Å². The maximum atomic E-state index is 13.6. The van der Waals surface area contributed by atoms with Gasteiger partial charge in [-0.05, 0) is 55.5 Å². The van der Waals surface area contributed by atoms with E-state index in [1.54, 1.807) is 54.4 Å². The maximum absolute atomic E-state index is 13.6. The molecule has 170 valence electrons. The Balaban J connectivity index is 1.58. The largest absolute Gasteiger partial charge is 0.508 e. The van der Waals surface area contributed by atoms with E-state index in [1.807, 2.05) is 37.3 Å². The van der Waals surface area contributed by atoms with Crippen molar-refractivity contribution in [2.24, 2.45) is 0 Å². The summed E-state index contributed by atoms with van der Waals surface area (Å²) in [6, 6.07) is 18.8. The molecule has 4 aromatic rings. The number of allylic oxidation sites excluding steroid dienone is 1. The van der Waals surface area contributed by atoms with Gasteiger partial charge in [-0.2, -0.15) is 4.98 Å². The lowest BCUT2D eigenvalue weighted by molar-refractivity contribution is -0.113. The average Bonchev–Trinajstić information content (AvgIpc) is 3.28. The molecule has 1 unspecified atom stereocenters. The quantitative estimate of drug-likeness (QED) is 0.418. The van der Waals surface area contributed by atoms with Crippen LogP contribution in [0.4, 0.5) is 11.6 Å². The van der Waals surface area contributed by atoms with E-state index in [1.165, 1.54) is 0 Å². The van der Waals surface area contributed by atoms with Gasteiger partial charge in [0.05, 0.1) is 24.1 Å². The second-order valence-electron chi connectivity index (χ2n) is 7.73. The minimum Gasteiger partial charge on any atom is -0.508 e. The van der Waals surface area contributed by atoms with Crippen LogP contribution in [0.15, 0.2) is 84.2 Å². The summed E-state index contributed by atoms with van der Waals surface area (Å²) in [7, 11) is 1.56. The van der Waals surface area contributed by atoms with Gasteiger partial charge in [-0.3, -0.25) is 9.78 Å². The minimum absolute atomic E-state index is 0.157. The Morgan fingerprint density at radius 1 is 1.09 bits per heavy atom. The summed E-state index contributed by atoms with van der Waals surface area (Å²) < 4.78 is 7.05. The molecule has 1 atom stereocenters. The number of anilines is 2. The van der Waals surface area contributed by atoms with E-state index in [0.717, 1.165) is 5.56 Å². The third-order valence-corrected chi connectivity index (χ3v) is 5.55. The van der Waals surface area contributed by atoms with Crippen molar-refractivity contribution in [1.29, 1.82) is 0 Å². The standard InChI is InChI=1S/C25H22N6O3/c1-15-21(24(33)28-18-7-3-4-9-20(18)34-2)22(19-8-5-6-14-26-19)31-25(27-15)29-23(30-31)16-10-12-17(32)13-11-16/h3-14,22,32H,1-2H3,(H,28,33)(H,27,29,30). The molecular weight excluding hydrogens is 432 g/mol. The van der Waals surface area contributed by atoms with E-state index in [4.69, 9.17) is 9.84 Å². The molecule has 3 heterocycles. The highest BCUT2D eigenvalue weighted by Crippen LogP contribution is 2.36. The summed E-state index contributed by atoms with van der Waals surface area (Å²) in [5.41, 5.74) is 3.04. The Labute approximate surface area is 195 Å². The fraction of sp³-hybridized carbons (Fsp3) is 0.120. The lowest BCUT2D eigenvalue weighted by Crippen LogP contribution is -2.32. The van der Waals surface area contributed by atoms with Crippen molar-refractivity contribution >= 4 is 17.5 Å². The van der Waals surface area contributed by atoms with Crippen LogP contribution in [0, 0.1) is 0 Å². The molecule has 2 aromatic heterocycles. The number of phenolic OH excluding ortho intramolecular Hbond substituents is 1. The third kappa shape index (κ3) is 3.83. The predicted octanol–water partition coefficient (Wildman–Crippen LogP) is 3.98. The number of methoxy groups -OCH3 is 1. The molecule has 1 aliphatic heterocycles. The number of rotatable bonds is 5. The zero-order valence-electron chi connectivity index (χ0n) is 18.6. The zero-order chi connectivity index (χ0) is 23.7. The second kappa shape index (κ2) is 8.70. The van der Waals surface area contributed by atoms with E-state index in [-0.39, 0.29) is 11.7 Å². The molecule has 3 N–H and O–H groups in total. The highest BCUT2D eigenvalue weighted by atomic mass is 16.5. The first kappa shape index (κ1) is 21.2. The fourth-order valence-electron chi connectivity index (χ4n) is 3.93. The van der Waals surface area contributed by atoms with Crippen molar-refractivity contribution in [1.82, 2.24) is 19.7 Å². The summed E-state index contributed by atoms with van der Waals surface area (Å²) in [6.07, 6.45) is 1.68. The van der Waals surface area contributed by atoms with Crippen LogP contribution in [0.3, 0.4) is 0 Å². The zero-order valence-corrected chi connectivity index (χ0v) is 18.6. The first-order valence-corrected chi connectivity index (χ1v) is 10.6. The van der Waals surface area contributed by atoms with Crippen LogP contribution >= 0.6 is 0 Å². The van der Waals surface area contributed by atoms with Crippen molar-refractivity contribution < 1.29 is 14.6 Å². The Morgan fingerprint density at radius 3 is 2.59 bits per heavy atom. The molecule has 1 amide bonds. The normalized spacial score (nSPS) is 14.8. The van der Waals surface area contributed by atoms with Crippen molar-refractivity contribution in [2.75, 3.05) is 17.7 Å². The van der Waals surface area contributed by atoms with Gasteiger partial charge in [-0.25, -0.2) is 4.68 Å². The summed E-state index contributed by atoms with van der Waals surface area (Å²) in [5.74, 6) is 1.36. The monoisotopic (exact) mass is 454 g/mol. The summed E-state index contributed by atoms with van der Waals surface area (Å²) in [4.78, 5) is 22.7. The molecule has 1 aliphatic rings. The lowest BCUT2D eigenvalue weighted by atomic mass is 9.98. The molecule has 9 nitrogen and oxygen atoms in total. The number of nitrogens with one attached hydrogen (secondary N) is 2. The molecule has 0 bridgehead atoms. The van der Waals surface area contributed by atoms with Gasteiger partial charge in [0.25, 0.3) is 5.91 Å². The number of ether oxygens (including phenoxy) is 1. The molecule has 0 saturated heterocycles. The van der Waals surface area contributed by atoms with Gasteiger partial charge < -0.3 is 20.5 Å². The molecule has 0 aliphatic carbocycles. The van der Waals surface area contributed by atoms with Crippen LogP contribution in [0.5, 0.6) is 11.5 Å². The minimum atomic E-state index is -0.606. The van der Waals surface area contributed by atoms with Gasteiger partial charge in [0.2, 0.25) is 5.95 Å². The van der Waals surface area contributed by atoms with Gasteiger partial charge in [-0.15, -0.1) is 5.10 Å². The number of carbonyl (C=O) groups is 1. The molecule has 9 heteroatoms. The first-order valence-electron chi connectivity index (χ1n) is 10.6. The van der Waals surface area contributed by atoms with Gasteiger partial charge in [0.15, 0.2) is 5.82 Å². The Kier molecular flexibility index (Phi) is 5.43. The van der Waals surface area contributed by atoms with Crippen LogP contribution < -0.4 is 15.4 Å². The average molecular weight is 454 g/mol. The fourth-order valence-corrected chi connectivity index (χ4v) is 3.93.